The molecule has 0 aromatic carbocycles. The van der Waals surface area contributed by atoms with Gasteiger partial charge in [-0.25, -0.2) is 0 Å². The minimum absolute atomic E-state index is 0.124. The maximum Gasteiger partial charge on any atom is 0.312 e. The van der Waals surface area contributed by atoms with Crippen LogP contribution in [0.1, 0.15) is 40.5 Å². The number of allylic oxidation sites excluding steroid dienone is 1. The standard InChI is InChI=1S/C11H18O2/c1-10(2,3)9(12)13-11(4)7-5-6-8-11/h5,7H,6,8H2,1-4H3. The van der Waals surface area contributed by atoms with Crippen molar-refractivity contribution in [3.8, 4) is 0 Å². The highest BCUT2D eigenvalue weighted by Gasteiger charge is 2.33. The quantitative estimate of drug-likeness (QED) is 0.460. The number of esters is 1. The molecule has 0 amide bonds. The van der Waals surface area contributed by atoms with Gasteiger partial charge in [-0.2, -0.15) is 0 Å². The van der Waals surface area contributed by atoms with Gasteiger partial charge in [0.15, 0.2) is 0 Å². The number of carbonyl (C=O) groups is 1. The van der Waals surface area contributed by atoms with E-state index in [0.717, 1.165) is 12.8 Å². The van der Waals surface area contributed by atoms with Crippen LogP contribution < -0.4 is 0 Å². The molecule has 0 fully saturated rings. The summed E-state index contributed by atoms with van der Waals surface area (Å²) in [5.74, 6) is -0.124. The monoisotopic (exact) mass is 182 g/mol. The maximum absolute atomic E-state index is 11.6. The summed E-state index contributed by atoms with van der Waals surface area (Å²) in [5, 5.41) is 0. The second-order valence-electron chi connectivity index (χ2n) is 4.89. The van der Waals surface area contributed by atoms with E-state index in [4.69, 9.17) is 4.74 Å². The normalized spacial score (nSPS) is 27.7. The molecular weight excluding hydrogens is 164 g/mol. The summed E-state index contributed by atoms with van der Waals surface area (Å²) in [4.78, 5) is 11.6. The first kappa shape index (κ1) is 10.3. The molecule has 1 rings (SSSR count). The summed E-state index contributed by atoms with van der Waals surface area (Å²) in [7, 11) is 0. The Labute approximate surface area is 80.0 Å². The molecule has 13 heavy (non-hydrogen) atoms. The summed E-state index contributed by atoms with van der Waals surface area (Å²) in [6, 6.07) is 0. The van der Waals surface area contributed by atoms with E-state index in [1.807, 2.05) is 33.8 Å². The van der Waals surface area contributed by atoms with Gasteiger partial charge in [-0.3, -0.25) is 4.79 Å². The minimum Gasteiger partial charge on any atom is -0.455 e. The van der Waals surface area contributed by atoms with Crippen molar-refractivity contribution in [1.29, 1.82) is 0 Å². The summed E-state index contributed by atoms with van der Waals surface area (Å²) in [6.45, 7) is 7.58. The number of hydrogen-bond acceptors (Lipinski definition) is 2. The van der Waals surface area contributed by atoms with Crippen LogP contribution in [0, 0.1) is 5.41 Å². The topological polar surface area (TPSA) is 26.3 Å². The van der Waals surface area contributed by atoms with E-state index in [1.165, 1.54) is 0 Å². The summed E-state index contributed by atoms with van der Waals surface area (Å²) in [6.07, 6.45) is 5.97. The molecule has 1 aliphatic carbocycles. The van der Waals surface area contributed by atoms with Crippen molar-refractivity contribution in [1.82, 2.24) is 0 Å². The molecule has 1 aliphatic rings. The van der Waals surface area contributed by atoms with Crippen molar-refractivity contribution in [3.63, 3.8) is 0 Å². The van der Waals surface area contributed by atoms with Gasteiger partial charge in [0.2, 0.25) is 0 Å². The predicted molar refractivity (Wildman–Crippen MR) is 52.3 cm³/mol. The number of carbonyl (C=O) groups excluding carboxylic acids is 1. The lowest BCUT2D eigenvalue weighted by molar-refractivity contribution is -0.163. The van der Waals surface area contributed by atoms with E-state index in [0.29, 0.717) is 0 Å². The highest BCUT2D eigenvalue weighted by Crippen LogP contribution is 2.29. The van der Waals surface area contributed by atoms with Gasteiger partial charge in [0.1, 0.15) is 5.60 Å². The van der Waals surface area contributed by atoms with Crippen LogP contribution in [0.4, 0.5) is 0 Å². The molecule has 2 heteroatoms. The van der Waals surface area contributed by atoms with Crippen LogP contribution in [0.2, 0.25) is 0 Å². The molecule has 0 saturated heterocycles. The van der Waals surface area contributed by atoms with Gasteiger partial charge in [0.05, 0.1) is 5.41 Å². The van der Waals surface area contributed by atoms with Crippen LogP contribution in [-0.2, 0) is 9.53 Å². The molecule has 1 atom stereocenters. The van der Waals surface area contributed by atoms with Crippen LogP contribution in [0.25, 0.3) is 0 Å². The zero-order chi connectivity index (χ0) is 10.1. The second-order valence-corrected chi connectivity index (χ2v) is 4.89. The Bertz CT molecular complexity index is 235. The third kappa shape index (κ3) is 2.58. The maximum atomic E-state index is 11.6. The first-order valence-electron chi connectivity index (χ1n) is 4.75. The van der Waals surface area contributed by atoms with Gasteiger partial charge in [-0.05, 0) is 46.6 Å². The number of hydrogen-bond donors (Lipinski definition) is 0. The summed E-state index contributed by atoms with van der Waals surface area (Å²) < 4.78 is 5.44. The molecule has 0 aromatic rings. The molecular formula is C11H18O2. The summed E-state index contributed by atoms with van der Waals surface area (Å²) in [5.41, 5.74) is -0.760. The third-order valence-corrected chi connectivity index (χ3v) is 2.22. The number of rotatable bonds is 1. The van der Waals surface area contributed by atoms with E-state index >= 15 is 0 Å². The molecule has 0 N–H and O–H groups in total. The van der Waals surface area contributed by atoms with Crippen molar-refractivity contribution in [3.05, 3.63) is 12.2 Å². The largest absolute Gasteiger partial charge is 0.455 e. The van der Waals surface area contributed by atoms with Gasteiger partial charge < -0.3 is 4.74 Å². The zero-order valence-corrected chi connectivity index (χ0v) is 8.89. The fraction of sp³-hybridized carbons (Fsp3) is 0.727. The van der Waals surface area contributed by atoms with Crippen molar-refractivity contribution >= 4 is 5.97 Å². The van der Waals surface area contributed by atoms with E-state index < -0.39 is 5.41 Å². The first-order chi connectivity index (χ1) is 5.83. The van der Waals surface area contributed by atoms with Crippen molar-refractivity contribution in [2.24, 2.45) is 5.41 Å². The van der Waals surface area contributed by atoms with Gasteiger partial charge >= 0.3 is 5.97 Å². The van der Waals surface area contributed by atoms with Crippen LogP contribution in [-0.4, -0.2) is 11.6 Å². The second kappa shape index (κ2) is 3.17. The molecule has 0 heterocycles. The lowest BCUT2D eigenvalue weighted by Gasteiger charge is -2.27. The van der Waals surface area contributed by atoms with E-state index in [9.17, 15) is 4.79 Å². The number of ether oxygens (including phenoxy) is 1. The Morgan fingerprint density at radius 2 is 2.08 bits per heavy atom. The lowest BCUT2D eigenvalue weighted by atomic mass is 9.96. The molecule has 1 unspecified atom stereocenters. The van der Waals surface area contributed by atoms with Gasteiger partial charge in [0.25, 0.3) is 0 Å². The van der Waals surface area contributed by atoms with Crippen molar-refractivity contribution in [2.45, 2.75) is 46.1 Å². The smallest absolute Gasteiger partial charge is 0.312 e. The van der Waals surface area contributed by atoms with Crippen LogP contribution in [0.5, 0.6) is 0 Å². The molecule has 0 aliphatic heterocycles. The highest BCUT2D eigenvalue weighted by atomic mass is 16.6. The Balaban J connectivity index is 2.59. The highest BCUT2D eigenvalue weighted by molar-refractivity contribution is 5.76. The molecule has 0 saturated carbocycles. The average molecular weight is 182 g/mol. The molecule has 0 radical (unpaired) electrons. The fourth-order valence-electron chi connectivity index (χ4n) is 1.24. The predicted octanol–water partition coefficient (Wildman–Crippen LogP) is 2.68. The Morgan fingerprint density at radius 1 is 1.46 bits per heavy atom. The van der Waals surface area contributed by atoms with Crippen molar-refractivity contribution < 1.29 is 9.53 Å². The molecule has 0 aromatic heterocycles. The molecule has 0 bridgehead atoms. The van der Waals surface area contributed by atoms with Crippen LogP contribution in [0.15, 0.2) is 12.2 Å². The Morgan fingerprint density at radius 3 is 2.46 bits per heavy atom. The average Bonchev–Trinajstić information content (AvgIpc) is 2.33. The van der Waals surface area contributed by atoms with E-state index in [-0.39, 0.29) is 11.6 Å². The Hall–Kier alpha value is -0.790. The van der Waals surface area contributed by atoms with Gasteiger partial charge in [-0.15, -0.1) is 0 Å². The zero-order valence-electron chi connectivity index (χ0n) is 8.89. The van der Waals surface area contributed by atoms with Gasteiger partial charge in [0, 0.05) is 0 Å². The fourth-order valence-corrected chi connectivity index (χ4v) is 1.24. The SMILES string of the molecule is CC1(OC(=O)C(C)(C)C)C=CCC1. The summed E-state index contributed by atoms with van der Waals surface area (Å²) >= 11 is 0. The minimum atomic E-state index is -0.403. The van der Waals surface area contributed by atoms with Crippen molar-refractivity contribution in [2.75, 3.05) is 0 Å². The van der Waals surface area contributed by atoms with E-state index in [2.05, 4.69) is 6.08 Å². The molecule has 2 nitrogen and oxygen atoms in total. The third-order valence-electron chi connectivity index (χ3n) is 2.22. The Kier molecular flexibility index (Phi) is 2.51. The van der Waals surface area contributed by atoms with Crippen LogP contribution in [0.3, 0.4) is 0 Å². The molecule has 0 spiro atoms. The van der Waals surface area contributed by atoms with Crippen LogP contribution >= 0.6 is 0 Å². The lowest BCUT2D eigenvalue weighted by Crippen LogP contribution is -2.33. The molecule has 74 valence electrons. The first-order valence-corrected chi connectivity index (χ1v) is 4.75. The van der Waals surface area contributed by atoms with Gasteiger partial charge in [-0.1, -0.05) is 6.08 Å². The van der Waals surface area contributed by atoms with E-state index in [1.54, 1.807) is 0 Å².